The molecule has 0 bridgehead atoms. The number of nitrogens with zero attached hydrogens (tertiary/aromatic N) is 3. The van der Waals surface area contributed by atoms with Crippen LogP contribution in [0.5, 0.6) is 0 Å². The molecule has 4 heteroatoms. The van der Waals surface area contributed by atoms with Crippen LogP contribution in [0.25, 0.3) is 0 Å². The summed E-state index contributed by atoms with van der Waals surface area (Å²) in [5.74, 6) is -0.309. The largest absolute Gasteiger partial charge is 0.369 e. The summed E-state index contributed by atoms with van der Waals surface area (Å²) in [6.07, 6.45) is 4.93. The van der Waals surface area contributed by atoms with Gasteiger partial charge in [-0.3, -0.25) is 4.79 Å². The number of carbonyl (C=O) groups excluding carboxylic acids is 1. The summed E-state index contributed by atoms with van der Waals surface area (Å²) in [5.41, 5.74) is 1.24. The van der Waals surface area contributed by atoms with Crippen LogP contribution in [0.4, 0.5) is 0 Å². The molecule has 0 aliphatic carbocycles. The van der Waals surface area contributed by atoms with Gasteiger partial charge in [-0.25, -0.2) is 0 Å². The summed E-state index contributed by atoms with van der Waals surface area (Å²) < 4.78 is 0. The average Bonchev–Trinajstić information content (AvgIpc) is 2.58. The Morgan fingerprint density at radius 1 is 1.21 bits per heavy atom. The molecule has 0 unspecified atom stereocenters. The molecule has 0 spiro atoms. The van der Waals surface area contributed by atoms with Crippen LogP contribution in [-0.4, -0.2) is 34.8 Å². The molecule has 0 aliphatic rings. The normalized spacial score (nSPS) is 10.8. The average molecular weight is 323 g/mol. The zero-order chi connectivity index (χ0) is 17.9. The van der Waals surface area contributed by atoms with Gasteiger partial charge in [0.25, 0.3) is 5.91 Å². The third-order valence-corrected chi connectivity index (χ3v) is 3.50. The predicted molar refractivity (Wildman–Crippen MR) is 97.8 cm³/mol. The van der Waals surface area contributed by atoms with E-state index in [9.17, 15) is 10.1 Å². The maximum atomic E-state index is 12.6. The first-order valence-corrected chi connectivity index (χ1v) is 7.96. The van der Waals surface area contributed by atoms with Gasteiger partial charge in [-0.1, -0.05) is 42.5 Å². The van der Waals surface area contributed by atoms with Gasteiger partial charge in [-0.2, -0.15) is 5.26 Å². The van der Waals surface area contributed by atoms with Gasteiger partial charge in [0.2, 0.25) is 0 Å². The van der Waals surface area contributed by atoms with Gasteiger partial charge in [-0.05, 0) is 19.4 Å². The van der Waals surface area contributed by atoms with Gasteiger partial charge < -0.3 is 9.80 Å². The van der Waals surface area contributed by atoms with Crippen LogP contribution < -0.4 is 0 Å². The van der Waals surface area contributed by atoms with Crippen molar-refractivity contribution in [3.8, 4) is 6.07 Å². The zero-order valence-electron chi connectivity index (χ0n) is 14.5. The minimum atomic E-state index is -0.309. The molecule has 0 fully saturated rings. The molecule has 0 radical (unpaired) electrons. The Labute approximate surface area is 145 Å². The fraction of sp³-hybridized carbons (Fsp3) is 0.300. The lowest BCUT2D eigenvalue weighted by Crippen LogP contribution is -2.34. The summed E-state index contributed by atoms with van der Waals surface area (Å²) in [6, 6.07) is 12.2. The van der Waals surface area contributed by atoms with Gasteiger partial charge in [-0.15, -0.1) is 13.2 Å². The van der Waals surface area contributed by atoms with Crippen molar-refractivity contribution >= 4 is 5.91 Å². The highest BCUT2D eigenvalue weighted by atomic mass is 16.2. The first kappa shape index (κ1) is 19.2. The second kappa shape index (κ2) is 10.1. The number of rotatable bonds is 9. The Balaban J connectivity index is 3.03. The summed E-state index contributed by atoms with van der Waals surface area (Å²) >= 11 is 0. The predicted octanol–water partition coefficient (Wildman–Crippen LogP) is 3.51. The third kappa shape index (κ3) is 5.77. The minimum Gasteiger partial charge on any atom is -0.369 e. The number of amides is 1. The van der Waals surface area contributed by atoms with E-state index in [1.165, 1.54) is 4.90 Å². The van der Waals surface area contributed by atoms with E-state index in [1.54, 1.807) is 18.4 Å². The van der Waals surface area contributed by atoms with Gasteiger partial charge in [0, 0.05) is 31.9 Å². The highest BCUT2D eigenvalue weighted by molar-refractivity contribution is 5.97. The van der Waals surface area contributed by atoms with Crippen LogP contribution in [0, 0.1) is 11.3 Å². The molecular formula is C20H25N3O. The highest BCUT2D eigenvalue weighted by Gasteiger charge is 2.18. The Hall–Kier alpha value is -2.80. The van der Waals surface area contributed by atoms with Gasteiger partial charge >= 0.3 is 0 Å². The number of hydrogen-bond acceptors (Lipinski definition) is 3. The number of nitriles is 1. The maximum Gasteiger partial charge on any atom is 0.266 e. The maximum absolute atomic E-state index is 12.6. The molecule has 0 saturated heterocycles. The minimum absolute atomic E-state index is 0.114. The van der Waals surface area contributed by atoms with Crippen molar-refractivity contribution in [3.63, 3.8) is 0 Å². The fourth-order valence-corrected chi connectivity index (χ4v) is 2.19. The molecule has 1 amide bonds. The SMILES string of the molecule is C=CCN(CC=C)C(=O)/C(C#N)=C\N(Cc1ccccc1)C(C)C. The number of hydrogen-bond donors (Lipinski definition) is 0. The van der Waals surface area contributed by atoms with Crippen molar-refractivity contribution in [1.82, 2.24) is 9.80 Å². The topological polar surface area (TPSA) is 47.3 Å². The summed E-state index contributed by atoms with van der Waals surface area (Å²) in [7, 11) is 0. The molecule has 0 saturated carbocycles. The van der Waals surface area contributed by atoms with Crippen LogP contribution in [0.2, 0.25) is 0 Å². The van der Waals surface area contributed by atoms with Crippen LogP contribution in [-0.2, 0) is 11.3 Å². The van der Waals surface area contributed by atoms with Crippen molar-refractivity contribution in [3.05, 3.63) is 73.0 Å². The highest BCUT2D eigenvalue weighted by Crippen LogP contribution is 2.12. The molecule has 1 aromatic carbocycles. The second-order valence-electron chi connectivity index (χ2n) is 5.69. The van der Waals surface area contributed by atoms with E-state index >= 15 is 0 Å². The lowest BCUT2D eigenvalue weighted by atomic mass is 10.1. The van der Waals surface area contributed by atoms with Gasteiger partial charge in [0.05, 0.1) is 0 Å². The Morgan fingerprint density at radius 2 is 1.79 bits per heavy atom. The summed E-state index contributed by atoms with van der Waals surface area (Å²) in [5, 5.41) is 9.43. The Bertz CT molecular complexity index is 616. The molecule has 0 heterocycles. The van der Waals surface area contributed by atoms with Crippen molar-refractivity contribution in [2.24, 2.45) is 0 Å². The first-order chi connectivity index (χ1) is 11.5. The van der Waals surface area contributed by atoms with E-state index in [0.717, 1.165) is 5.56 Å². The Morgan fingerprint density at radius 3 is 2.25 bits per heavy atom. The van der Waals surface area contributed by atoms with Gasteiger partial charge in [0.1, 0.15) is 11.6 Å². The molecule has 0 atom stereocenters. The monoisotopic (exact) mass is 323 g/mol. The van der Waals surface area contributed by atoms with E-state index in [4.69, 9.17) is 0 Å². The fourth-order valence-electron chi connectivity index (χ4n) is 2.19. The number of benzene rings is 1. The molecule has 126 valence electrons. The summed E-state index contributed by atoms with van der Waals surface area (Å²) in [6.45, 7) is 12.8. The van der Waals surface area contributed by atoms with Crippen molar-refractivity contribution in [2.45, 2.75) is 26.4 Å². The van der Waals surface area contributed by atoms with Crippen molar-refractivity contribution in [2.75, 3.05) is 13.1 Å². The van der Waals surface area contributed by atoms with E-state index in [2.05, 4.69) is 13.2 Å². The summed E-state index contributed by atoms with van der Waals surface area (Å²) in [4.78, 5) is 16.1. The second-order valence-corrected chi connectivity index (χ2v) is 5.69. The Kier molecular flexibility index (Phi) is 8.07. The molecular weight excluding hydrogens is 298 g/mol. The quantitative estimate of drug-likeness (QED) is 0.397. The molecule has 1 rings (SSSR count). The molecule has 0 N–H and O–H groups in total. The van der Waals surface area contributed by atoms with E-state index in [-0.39, 0.29) is 17.5 Å². The van der Waals surface area contributed by atoms with E-state index < -0.39 is 0 Å². The van der Waals surface area contributed by atoms with Crippen LogP contribution in [0.1, 0.15) is 19.4 Å². The van der Waals surface area contributed by atoms with E-state index in [0.29, 0.717) is 19.6 Å². The standard InChI is InChI=1S/C20H25N3O/c1-5-12-22(13-6-2)20(24)19(14-21)16-23(17(3)4)15-18-10-8-7-9-11-18/h5-11,16-17H,1-2,12-13,15H2,3-4H3/b19-16-. The first-order valence-electron chi connectivity index (χ1n) is 7.96. The zero-order valence-corrected chi connectivity index (χ0v) is 14.5. The van der Waals surface area contributed by atoms with Crippen LogP contribution in [0.3, 0.4) is 0 Å². The third-order valence-electron chi connectivity index (χ3n) is 3.50. The van der Waals surface area contributed by atoms with Crippen molar-refractivity contribution < 1.29 is 4.79 Å². The van der Waals surface area contributed by atoms with Crippen LogP contribution >= 0.6 is 0 Å². The molecule has 0 aliphatic heterocycles. The van der Waals surface area contributed by atoms with Gasteiger partial charge in [0.15, 0.2) is 0 Å². The molecule has 4 nitrogen and oxygen atoms in total. The molecule has 24 heavy (non-hydrogen) atoms. The lowest BCUT2D eigenvalue weighted by Gasteiger charge is -2.26. The van der Waals surface area contributed by atoms with E-state index in [1.807, 2.05) is 55.1 Å². The van der Waals surface area contributed by atoms with Crippen molar-refractivity contribution in [1.29, 1.82) is 5.26 Å². The molecule has 1 aromatic rings. The smallest absolute Gasteiger partial charge is 0.266 e. The van der Waals surface area contributed by atoms with Crippen LogP contribution in [0.15, 0.2) is 67.4 Å². The number of carbonyl (C=O) groups is 1. The molecule has 0 aromatic heterocycles. The lowest BCUT2D eigenvalue weighted by molar-refractivity contribution is -0.125.